The molecule has 5 nitrogen and oxygen atoms in total. The Hall–Kier alpha value is -1.43. The Balaban J connectivity index is 1.87. The van der Waals surface area contributed by atoms with E-state index in [1.165, 1.54) is 0 Å². The molecule has 20 heavy (non-hydrogen) atoms. The Morgan fingerprint density at radius 1 is 1.30 bits per heavy atom. The predicted molar refractivity (Wildman–Crippen MR) is 77.5 cm³/mol. The summed E-state index contributed by atoms with van der Waals surface area (Å²) in [5.74, 6) is 0. The summed E-state index contributed by atoms with van der Waals surface area (Å²) >= 11 is 6.50. The van der Waals surface area contributed by atoms with E-state index in [4.69, 9.17) is 16.3 Å². The molecule has 0 radical (unpaired) electrons. The smallest absolute Gasteiger partial charge is 0.105 e. The van der Waals surface area contributed by atoms with Gasteiger partial charge in [-0.2, -0.15) is 5.10 Å². The van der Waals surface area contributed by atoms with E-state index < -0.39 is 0 Å². The van der Waals surface area contributed by atoms with E-state index in [1.807, 2.05) is 25.2 Å². The summed E-state index contributed by atoms with van der Waals surface area (Å²) in [5, 5.41) is 5.24. The van der Waals surface area contributed by atoms with Gasteiger partial charge in [-0.15, -0.1) is 0 Å². The number of morpholine rings is 1. The highest BCUT2D eigenvalue weighted by Crippen LogP contribution is 2.29. The van der Waals surface area contributed by atoms with Crippen LogP contribution in [0, 0.1) is 0 Å². The SMILES string of the molecule is Cn1nc(CN2CCOCC2)c(Cl)c1-c1ccccn1. The van der Waals surface area contributed by atoms with E-state index in [2.05, 4.69) is 15.0 Å². The highest BCUT2D eigenvalue weighted by atomic mass is 35.5. The number of hydrogen-bond acceptors (Lipinski definition) is 4. The highest BCUT2D eigenvalue weighted by Gasteiger charge is 2.20. The van der Waals surface area contributed by atoms with Gasteiger partial charge < -0.3 is 4.74 Å². The lowest BCUT2D eigenvalue weighted by Crippen LogP contribution is -2.35. The maximum atomic E-state index is 6.50. The molecule has 3 heterocycles. The Labute approximate surface area is 123 Å². The summed E-state index contributed by atoms with van der Waals surface area (Å²) in [6.45, 7) is 4.15. The summed E-state index contributed by atoms with van der Waals surface area (Å²) in [7, 11) is 1.90. The van der Waals surface area contributed by atoms with Gasteiger partial charge in [-0.25, -0.2) is 0 Å². The van der Waals surface area contributed by atoms with Crippen molar-refractivity contribution >= 4 is 11.6 Å². The molecule has 106 valence electrons. The molecule has 0 saturated carbocycles. The molecule has 0 N–H and O–H groups in total. The number of rotatable bonds is 3. The number of hydrogen-bond donors (Lipinski definition) is 0. The average molecular weight is 293 g/mol. The molecule has 0 bridgehead atoms. The van der Waals surface area contributed by atoms with Gasteiger partial charge in [-0.3, -0.25) is 14.6 Å². The van der Waals surface area contributed by atoms with Crippen LogP contribution in [0.2, 0.25) is 5.02 Å². The molecule has 0 unspecified atom stereocenters. The molecule has 0 atom stereocenters. The summed E-state index contributed by atoms with van der Waals surface area (Å²) in [4.78, 5) is 6.66. The van der Waals surface area contributed by atoms with Crippen LogP contribution in [0.15, 0.2) is 24.4 Å². The van der Waals surface area contributed by atoms with Crippen LogP contribution >= 0.6 is 11.6 Å². The number of pyridine rings is 1. The lowest BCUT2D eigenvalue weighted by Gasteiger charge is -2.25. The first kappa shape index (κ1) is 13.5. The number of ether oxygens (including phenoxy) is 1. The van der Waals surface area contributed by atoms with Gasteiger partial charge in [0.1, 0.15) is 5.69 Å². The summed E-state index contributed by atoms with van der Waals surface area (Å²) in [6, 6.07) is 5.79. The Kier molecular flexibility index (Phi) is 4.00. The fourth-order valence-electron chi connectivity index (χ4n) is 2.41. The van der Waals surface area contributed by atoms with E-state index in [0.29, 0.717) is 5.02 Å². The first-order valence-corrected chi connectivity index (χ1v) is 7.06. The van der Waals surface area contributed by atoms with Crippen LogP contribution in [0.3, 0.4) is 0 Å². The third-order valence-corrected chi connectivity index (χ3v) is 3.84. The van der Waals surface area contributed by atoms with Crippen molar-refractivity contribution < 1.29 is 4.74 Å². The zero-order valence-electron chi connectivity index (χ0n) is 11.4. The second-order valence-corrected chi connectivity index (χ2v) is 5.21. The average Bonchev–Trinajstić information content (AvgIpc) is 2.75. The Morgan fingerprint density at radius 3 is 2.80 bits per heavy atom. The second kappa shape index (κ2) is 5.91. The van der Waals surface area contributed by atoms with E-state index in [0.717, 1.165) is 49.9 Å². The van der Waals surface area contributed by atoms with Crippen molar-refractivity contribution in [3.8, 4) is 11.4 Å². The van der Waals surface area contributed by atoms with Crippen LogP contribution in [0.5, 0.6) is 0 Å². The molecule has 0 amide bonds. The van der Waals surface area contributed by atoms with Crippen LogP contribution in [-0.4, -0.2) is 46.0 Å². The Morgan fingerprint density at radius 2 is 2.10 bits per heavy atom. The normalized spacial score (nSPS) is 16.5. The van der Waals surface area contributed by atoms with Crippen molar-refractivity contribution in [1.29, 1.82) is 0 Å². The van der Waals surface area contributed by atoms with Crippen molar-refractivity contribution in [2.45, 2.75) is 6.54 Å². The van der Waals surface area contributed by atoms with Crippen LogP contribution in [0.4, 0.5) is 0 Å². The number of aromatic nitrogens is 3. The molecular weight excluding hydrogens is 276 g/mol. The predicted octanol–water partition coefficient (Wildman–Crippen LogP) is 1.97. The fourth-order valence-corrected chi connectivity index (χ4v) is 2.72. The van der Waals surface area contributed by atoms with Gasteiger partial charge in [-0.1, -0.05) is 17.7 Å². The second-order valence-electron chi connectivity index (χ2n) is 4.84. The van der Waals surface area contributed by atoms with E-state index >= 15 is 0 Å². The molecule has 3 rings (SSSR count). The van der Waals surface area contributed by atoms with Crippen LogP contribution < -0.4 is 0 Å². The molecule has 1 aliphatic heterocycles. The van der Waals surface area contributed by atoms with E-state index in [9.17, 15) is 0 Å². The van der Waals surface area contributed by atoms with Crippen LogP contribution in [-0.2, 0) is 18.3 Å². The zero-order valence-corrected chi connectivity index (χ0v) is 12.2. The van der Waals surface area contributed by atoms with Gasteiger partial charge in [0.25, 0.3) is 0 Å². The Bertz CT molecular complexity index is 578. The van der Waals surface area contributed by atoms with Gasteiger partial charge in [0.15, 0.2) is 0 Å². The first-order chi connectivity index (χ1) is 9.75. The minimum atomic E-state index is 0.692. The van der Waals surface area contributed by atoms with Crippen molar-refractivity contribution in [2.75, 3.05) is 26.3 Å². The summed E-state index contributed by atoms with van der Waals surface area (Å²) < 4.78 is 7.16. The molecule has 1 aliphatic rings. The molecule has 2 aromatic heterocycles. The molecule has 0 aliphatic carbocycles. The minimum Gasteiger partial charge on any atom is -0.379 e. The quantitative estimate of drug-likeness (QED) is 0.867. The van der Waals surface area contributed by atoms with Crippen molar-refractivity contribution in [2.24, 2.45) is 7.05 Å². The van der Waals surface area contributed by atoms with Gasteiger partial charge >= 0.3 is 0 Å². The maximum absolute atomic E-state index is 6.50. The molecule has 1 fully saturated rings. The minimum absolute atomic E-state index is 0.692. The zero-order chi connectivity index (χ0) is 13.9. The van der Waals surface area contributed by atoms with Crippen molar-refractivity contribution in [3.05, 3.63) is 35.1 Å². The summed E-state index contributed by atoms with van der Waals surface area (Å²) in [5.41, 5.74) is 2.62. The standard InChI is InChI=1S/C14H17ClN4O/c1-18-14(11-4-2-3-5-16-11)13(15)12(17-18)10-19-6-8-20-9-7-19/h2-5H,6-10H2,1H3. The third kappa shape index (κ3) is 2.70. The van der Waals surface area contributed by atoms with Gasteiger partial charge in [-0.05, 0) is 12.1 Å². The molecule has 1 saturated heterocycles. The highest BCUT2D eigenvalue weighted by molar-refractivity contribution is 6.33. The monoisotopic (exact) mass is 292 g/mol. The molecule has 2 aromatic rings. The van der Waals surface area contributed by atoms with Crippen LogP contribution in [0.1, 0.15) is 5.69 Å². The third-order valence-electron chi connectivity index (χ3n) is 3.44. The molecule has 6 heteroatoms. The van der Waals surface area contributed by atoms with Gasteiger partial charge in [0.05, 0.1) is 29.6 Å². The topological polar surface area (TPSA) is 43.2 Å². The van der Waals surface area contributed by atoms with Gasteiger partial charge in [0.2, 0.25) is 0 Å². The maximum Gasteiger partial charge on any atom is 0.105 e. The van der Waals surface area contributed by atoms with E-state index in [-0.39, 0.29) is 0 Å². The lowest BCUT2D eigenvalue weighted by atomic mass is 10.2. The van der Waals surface area contributed by atoms with Crippen molar-refractivity contribution in [1.82, 2.24) is 19.7 Å². The fraction of sp³-hybridized carbons (Fsp3) is 0.429. The van der Waals surface area contributed by atoms with Gasteiger partial charge in [0, 0.05) is 32.9 Å². The lowest BCUT2D eigenvalue weighted by molar-refractivity contribution is 0.0336. The van der Waals surface area contributed by atoms with Crippen LogP contribution in [0.25, 0.3) is 11.4 Å². The number of aryl methyl sites for hydroxylation is 1. The number of nitrogens with zero attached hydrogens (tertiary/aromatic N) is 4. The molecule has 0 aromatic carbocycles. The van der Waals surface area contributed by atoms with Crippen molar-refractivity contribution in [3.63, 3.8) is 0 Å². The van der Waals surface area contributed by atoms with E-state index in [1.54, 1.807) is 10.9 Å². The number of halogens is 1. The molecular formula is C14H17ClN4O. The first-order valence-electron chi connectivity index (χ1n) is 6.68. The molecule has 0 spiro atoms. The summed E-state index contributed by atoms with van der Waals surface area (Å²) in [6.07, 6.45) is 1.76. The largest absolute Gasteiger partial charge is 0.379 e.